The monoisotopic (exact) mass is 382 g/mol. The van der Waals surface area contributed by atoms with E-state index < -0.39 is 5.97 Å². The highest BCUT2D eigenvalue weighted by Crippen LogP contribution is 2.53. The van der Waals surface area contributed by atoms with E-state index in [0.717, 1.165) is 14.0 Å². The summed E-state index contributed by atoms with van der Waals surface area (Å²) in [4.78, 5) is 27.6. The molecule has 0 saturated carbocycles. The summed E-state index contributed by atoms with van der Waals surface area (Å²) in [6, 6.07) is 17.0. The largest absolute Gasteiger partial charge is 0.461 e. The maximum atomic E-state index is 13.1. The van der Waals surface area contributed by atoms with E-state index in [1.807, 2.05) is 42.5 Å². The topological polar surface area (TPSA) is 59.0 Å². The maximum absolute atomic E-state index is 13.1. The van der Waals surface area contributed by atoms with Crippen LogP contribution in [-0.4, -0.2) is 24.2 Å². The number of anilines is 1. The molecule has 130 valence electrons. The molecule has 0 bridgehead atoms. The third-order valence-corrected chi connectivity index (χ3v) is 6.33. The lowest BCUT2D eigenvalue weighted by Gasteiger charge is -2.11. The Labute approximate surface area is 159 Å². The highest BCUT2D eigenvalue weighted by molar-refractivity contribution is 8.24. The van der Waals surface area contributed by atoms with E-state index in [0.29, 0.717) is 11.3 Å². The molecule has 0 aromatic heterocycles. The SMILES string of the molecule is CCOC(=O)C1=NN(c2ccccc2)C(=O)C1=C1Sc2ccccc2S1. The predicted octanol–water partition coefficient (Wildman–Crippen LogP) is 4.06. The molecule has 0 spiro atoms. The van der Waals surface area contributed by atoms with Crippen LogP contribution in [0.1, 0.15) is 6.92 Å². The summed E-state index contributed by atoms with van der Waals surface area (Å²) in [5, 5.41) is 5.55. The van der Waals surface area contributed by atoms with Gasteiger partial charge in [0.15, 0.2) is 5.71 Å². The van der Waals surface area contributed by atoms with E-state index >= 15 is 0 Å². The summed E-state index contributed by atoms with van der Waals surface area (Å²) < 4.78 is 5.88. The Hall–Kier alpha value is -2.51. The molecule has 0 N–H and O–H groups in total. The Kier molecular flexibility index (Phi) is 4.57. The molecule has 2 aliphatic rings. The van der Waals surface area contributed by atoms with Crippen LogP contribution in [0.4, 0.5) is 5.69 Å². The van der Waals surface area contributed by atoms with Gasteiger partial charge in [-0.25, -0.2) is 4.79 Å². The molecule has 7 heteroatoms. The third kappa shape index (κ3) is 2.93. The minimum Gasteiger partial charge on any atom is -0.461 e. The first-order valence-corrected chi connectivity index (χ1v) is 9.67. The van der Waals surface area contributed by atoms with Gasteiger partial charge in [0.05, 0.1) is 22.1 Å². The first kappa shape index (κ1) is 16.9. The number of carbonyl (C=O) groups excluding carboxylic acids is 2. The van der Waals surface area contributed by atoms with E-state index in [2.05, 4.69) is 5.10 Å². The van der Waals surface area contributed by atoms with Crippen molar-refractivity contribution < 1.29 is 14.3 Å². The molecule has 2 aromatic carbocycles. The van der Waals surface area contributed by atoms with Crippen molar-refractivity contribution >= 4 is 46.8 Å². The van der Waals surface area contributed by atoms with E-state index in [-0.39, 0.29) is 18.2 Å². The zero-order chi connectivity index (χ0) is 18.1. The van der Waals surface area contributed by atoms with Crippen LogP contribution in [0.2, 0.25) is 0 Å². The second kappa shape index (κ2) is 7.01. The Morgan fingerprint density at radius 3 is 2.27 bits per heavy atom. The van der Waals surface area contributed by atoms with Crippen molar-refractivity contribution in [2.75, 3.05) is 11.6 Å². The molecule has 2 heterocycles. The molecular formula is C19H14N2O3S2. The second-order valence-electron chi connectivity index (χ2n) is 5.43. The van der Waals surface area contributed by atoms with Crippen molar-refractivity contribution in [1.29, 1.82) is 0 Å². The molecular weight excluding hydrogens is 368 g/mol. The number of benzene rings is 2. The quantitative estimate of drug-likeness (QED) is 0.592. The lowest BCUT2D eigenvalue weighted by atomic mass is 10.2. The van der Waals surface area contributed by atoms with Crippen molar-refractivity contribution in [1.82, 2.24) is 0 Å². The van der Waals surface area contributed by atoms with Crippen LogP contribution >= 0.6 is 23.5 Å². The lowest BCUT2D eigenvalue weighted by molar-refractivity contribution is -0.135. The van der Waals surface area contributed by atoms with Gasteiger partial charge in [-0.15, -0.1) is 0 Å². The zero-order valence-corrected chi connectivity index (χ0v) is 15.5. The fourth-order valence-electron chi connectivity index (χ4n) is 2.61. The molecule has 1 amide bonds. The molecule has 4 rings (SSSR count). The number of amides is 1. The Bertz CT molecular complexity index is 927. The summed E-state index contributed by atoms with van der Waals surface area (Å²) in [7, 11) is 0. The number of para-hydroxylation sites is 1. The average molecular weight is 382 g/mol. The second-order valence-corrected chi connectivity index (χ2v) is 7.80. The summed E-state index contributed by atoms with van der Waals surface area (Å²) >= 11 is 2.96. The molecule has 0 fully saturated rings. The normalized spacial score (nSPS) is 16.0. The predicted molar refractivity (Wildman–Crippen MR) is 103 cm³/mol. The molecule has 2 aliphatic heterocycles. The number of rotatable bonds is 3. The van der Waals surface area contributed by atoms with Gasteiger partial charge in [0, 0.05) is 9.79 Å². The first-order valence-electron chi connectivity index (χ1n) is 8.03. The fraction of sp³-hybridized carbons (Fsp3) is 0.105. The van der Waals surface area contributed by atoms with Gasteiger partial charge in [-0.1, -0.05) is 53.9 Å². The van der Waals surface area contributed by atoms with Crippen molar-refractivity contribution in [2.24, 2.45) is 5.10 Å². The summed E-state index contributed by atoms with van der Waals surface area (Å²) in [5.41, 5.74) is 0.974. The molecule has 5 nitrogen and oxygen atoms in total. The van der Waals surface area contributed by atoms with Crippen LogP contribution < -0.4 is 5.01 Å². The van der Waals surface area contributed by atoms with E-state index in [4.69, 9.17) is 4.74 Å². The van der Waals surface area contributed by atoms with E-state index in [1.54, 1.807) is 19.1 Å². The lowest BCUT2D eigenvalue weighted by Crippen LogP contribution is -2.23. The Morgan fingerprint density at radius 1 is 1.04 bits per heavy atom. The number of esters is 1. The van der Waals surface area contributed by atoms with Gasteiger partial charge in [-0.2, -0.15) is 10.1 Å². The van der Waals surface area contributed by atoms with Gasteiger partial charge in [0.2, 0.25) is 0 Å². The van der Waals surface area contributed by atoms with E-state index in [9.17, 15) is 9.59 Å². The van der Waals surface area contributed by atoms with Gasteiger partial charge < -0.3 is 4.74 Å². The first-order chi connectivity index (χ1) is 12.7. The molecule has 0 radical (unpaired) electrons. The Balaban J connectivity index is 1.78. The van der Waals surface area contributed by atoms with Crippen LogP contribution in [0.3, 0.4) is 0 Å². The van der Waals surface area contributed by atoms with Gasteiger partial charge in [0.25, 0.3) is 5.91 Å². The van der Waals surface area contributed by atoms with Gasteiger partial charge in [-0.05, 0) is 31.2 Å². The number of carbonyl (C=O) groups is 2. The standard InChI is InChI=1S/C19H14N2O3S2/c1-2-24-18(23)16-15(19-25-13-10-6-7-11-14(13)26-19)17(22)21(20-16)12-8-4-3-5-9-12/h3-11H,2H2,1H3. The summed E-state index contributed by atoms with van der Waals surface area (Å²) in [6.45, 7) is 1.95. The highest BCUT2D eigenvalue weighted by Gasteiger charge is 2.40. The molecule has 2 aromatic rings. The number of hydrazone groups is 1. The van der Waals surface area contributed by atoms with Crippen LogP contribution in [0.5, 0.6) is 0 Å². The smallest absolute Gasteiger partial charge is 0.359 e. The number of ether oxygens (including phenoxy) is 1. The summed E-state index contributed by atoms with van der Waals surface area (Å²) in [5.74, 6) is -0.902. The fourth-order valence-corrected chi connectivity index (χ4v) is 5.17. The average Bonchev–Trinajstić information content (AvgIpc) is 3.23. The van der Waals surface area contributed by atoms with Crippen LogP contribution in [-0.2, 0) is 14.3 Å². The third-order valence-electron chi connectivity index (χ3n) is 3.77. The van der Waals surface area contributed by atoms with Gasteiger partial charge in [-0.3, -0.25) is 4.79 Å². The zero-order valence-electron chi connectivity index (χ0n) is 13.8. The molecule has 0 saturated heterocycles. The van der Waals surface area contributed by atoms with Gasteiger partial charge in [0.1, 0.15) is 0 Å². The summed E-state index contributed by atoms with van der Waals surface area (Å²) in [6.07, 6.45) is 0. The van der Waals surface area contributed by atoms with Crippen molar-refractivity contribution in [3.05, 3.63) is 64.4 Å². The number of thioether (sulfide) groups is 2. The highest BCUT2D eigenvalue weighted by atomic mass is 32.2. The van der Waals surface area contributed by atoms with Crippen LogP contribution in [0, 0.1) is 0 Å². The molecule has 0 aliphatic carbocycles. The van der Waals surface area contributed by atoms with Crippen LogP contribution in [0.25, 0.3) is 0 Å². The van der Waals surface area contributed by atoms with E-state index in [1.165, 1.54) is 28.5 Å². The molecule has 0 atom stereocenters. The number of fused-ring (bicyclic) bond motifs is 1. The molecule has 26 heavy (non-hydrogen) atoms. The van der Waals surface area contributed by atoms with Crippen molar-refractivity contribution in [3.8, 4) is 0 Å². The number of nitrogens with zero attached hydrogens (tertiary/aromatic N) is 2. The number of hydrogen-bond donors (Lipinski definition) is 0. The maximum Gasteiger partial charge on any atom is 0.359 e. The molecule has 0 unspecified atom stereocenters. The van der Waals surface area contributed by atoms with Crippen molar-refractivity contribution in [2.45, 2.75) is 16.7 Å². The number of hydrogen-bond acceptors (Lipinski definition) is 6. The van der Waals surface area contributed by atoms with Crippen LogP contribution in [0.15, 0.2) is 79.3 Å². The van der Waals surface area contributed by atoms with Gasteiger partial charge >= 0.3 is 5.97 Å². The minimum atomic E-state index is -0.584. The minimum absolute atomic E-state index is 0.0588. The Morgan fingerprint density at radius 2 is 1.65 bits per heavy atom. The van der Waals surface area contributed by atoms with Crippen molar-refractivity contribution in [3.63, 3.8) is 0 Å².